The number of nitrogens with one attached hydrogen (secondary N) is 1. The van der Waals surface area contributed by atoms with E-state index in [2.05, 4.69) is 11.9 Å². The second-order valence-electron chi connectivity index (χ2n) is 6.41. The van der Waals surface area contributed by atoms with E-state index in [1.807, 2.05) is 34.5 Å². The summed E-state index contributed by atoms with van der Waals surface area (Å²) in [6, 6.07) is 7.83. The molecule has 1 aliphatic rings. The third-order valence-electron chi connectivity index (χ3n) is 4.83. The van der Waals surface area contributed by atoms with Crippen molar-refractivity contribution in [2.45, 2.75) is 18.9 Å². The molecule has 1 aromatic heterocycles. The van der Waals surface area contributed by atoms with Crippen molar-refractivity contribution in [3.63, 3.8) is 0 Å². The van der Waals surface area contributed by atoms with Gasteiger partial charge in [-0.3, -0.25) is 9.59 Å². The monoisotopic (exact) mass is 400 g/mol. The van der Waals surface area contributed by atoms with Crippen LogP contribution >= 0.6 is 11.3 Å². The fraction of sp³-hybridized carbons (Fsp3) is 0.333. The molecule has 1 N–H and O–H groups in total. The minimum Gasteiger partial charge on any atom is -0.493 e. The van der Waals surface area contributed by atoms with Crippen LogP contribution in [0.15, 0.2) is 42.3 Å². The summed E-state index contributed by atoms with van der Waals surface area (Å²) in [5.74, 6) is 1.07. The van der Waals surface area contributed by atoms with Gasteiger partial charge in [0.15, 0.2) is 11.5 Å². The lowest BCUT2D eigenvalue weighted by atomic mass is 9.90. The molecule has 28 heavy (non-hydrogen) atoms. The Kier molecular flexibility index (Phi) is 6.36. The van der Waals surface area contributed by atoms with Crippen molar-refractivity contribution in [3.05, 3.63) is 58.3 Å². The minimum atomic E-state index is -0.275. The Hall–Kier alpha value is -2.80. The number of fused-ring (bicyclic) bond motifs is 1. The molecule has 0 spiro atoms. The van der Waals surface area contributed by atoms with Crippen molar-refractivity contribution in [1.82, 2.24) is 10.2 Å². The van der Waals surface area contributed by atoms with E-state index in [0.29, 0.717) is 18.0 Å². The molecule has 2 heterocycles. The van der Waals surface area contributed by atoms with Gasteiger partial charge in [-0.1, -0.05) is 12.6 Å². The molecule has 2 aromatic rings. The predicted octanol–water partition coefficient (Wildman–Crippen LogP) is 2.93. The van der Waals surface area contributed by atoms with Crippen LogP contribution in [-0.2, 0) is 16.0 Å². The minimum absolute atomic E-state index is 0.00296. The number of benzene rings is 1. The lowest BCUT2D eigenvalue weighted by Gasteiger charge is -2.37. The molecule has 6 nitrogen and oxygen atoms in total. The standard InChI is InChI=1S/C21H24N2O4S/c1-4-19(24)22-9-7-20(25)23-10-8-14-12-16(26-2)17(27-3)13-15(14)21(23)18-6-5-11-28-18/h4-6,11-13,21H,1,7-10H2,2-3H3,(H,22,24). The van der Waals surface area contributed by atoms with Crippen LogP contribution in [0.1, 0.15) is 28.5 Å². The van der Waals surface area contributed by atoms with Gasteiger partial charge in [0.2, 0.25) is 11.8 Å². The van der Waals surface area contributed by atoms with Gasteiger partial charge in [-0.25, -0.2) is 0 Å². The summed E-state index contributed by atoms with van der Waals surface area (Å²) in [4.78, 5) is 27.3. The highest BCUT2D eigenvalue weighted by Crippen LogP contribution is 2.42. The van der Waals surface area contributed by atoms with E-state index in [1.54, 1.807) is 25.6 Å². The summed E-state index contributed by atoms with van der Waals surface area (Å²) in [6.07, 6.45) is 2.18. The maximum Gasteiger partial charge on any atom is 0.243 e. The molecule has 1 atom stereocenters. The van der Waals surface area contributed by atoms with Gasteiger partial charge in [-0.05, 0) is 47.2 Å². The quantitative estimate of drug-likeness (QED) is 0.726. The molecule has 0 bridgehead atoms. The van der Waals surface area contributed by atoms with Gasteiger partial charge in [0.05, 0.1) is 20.3 Å². The van der Waals surface area contributed by atoms with Gasteiger partial charge >= 0.3 is 0 Å². The summed E-state index contributed by atoms with van der Waals surface area (Å²) in [5.41, 5.74) is 2.20. The van der Waals surface area contributed by atoms with Crippen LogP contribution in [0.5, 0.6) is 11.5 Å². The van der Waals surface area contributed by atoms with Gasteiger partial charge in [-0.2, -0.15) is 0 Å². The molecule has 0 radical (unpaired) electrons. The zero-order valence-corrected chi connectivity index (χ0v) is 16.9. The van der Waals surface area contributed by atoms with Crippen LogP contribution in [0.3, 0.4) is 0 Å². The van der Waals surface area contributed by atoms with Crippen molar-refractivity contribution >= 4 is 23.2 Å². The van der Waals surface area contributed by atoms with Crippen molar-refractivity contribution < 1.29 is 19.1 Å². The SMILES string of the molecule is C=CC(=O)NCCC(=O)N1CCc2cc(OC)c(OC)cc2C1c1cccs1. The second kappa shape index (κ2) is 8.93. The topological polar surface area (TPSA) is 67.9 Å². The smallest absolute Gasteiger partial charge is 0.243 e. The molecule has 1 aromatic carbocycles. The van der Waals surface area contributed by atoms with E-state index in [4.69, 9.17) is 9.47 Å². The summed E-state index contributed by atoms with van der Waals surface area (Å²) in [5, 5.41) is 4.68. The van der Waals surface area contributed by atoms with Gasteiger partial charge in [0.25, 0.3) is 0 Å². The van der Waals surface area contributed by atoms with Crippen LogP contribution in [0.4, 0.5) is 0 Å². The number of ether oxygens (including phenoxy) is 2. The fourth-order valence-electron chi connectivity index (χ4n) is 3.48. The number of nitrogens with zero attached hydrogens (tertiary/aromatic N) is 1. The summed E-state index contributed by atoms with van der Waals surface area (Å²) in [7, 11) is 3.23. The lowest BCUT2D eigenvalue weighted by Crippen LogP contribution is -2.41. The molecular weight excluding hydrogens is 376 g/mol. The van der Waals surface area contributed by atoms with Crippen LogP contribution < -0.4 is 14.8 Å². The molecule has 0 saturated heterocycles. The van der Waals surface area contributed by atoms with Crippen LogP contribution in [0, 0.1) is 0 Å². The van der Waals surface area contributed by atoms with Crippen molar-refractivity contribution in [1.29, 1.82) is 0 Å². The molecule has 2 amide bonds. The number of methoxy groups -OCH3 is 2. The molecule has 0 saturated carbocycles. The van der Waals surface area contributed by atoms with Gasteiger partial charge in [-0.15, -0.1) is 11.3 Å². The predicted molar refractivity (Wildman–Crippen MR) is 109 cm³/mol. The number of carbonyl (C=O) groups is 2. The number of hydrogen-bond donors (Lipinski definition) is 1. The number of rotatable bonds is 7. The average molecular weight is 401 g/mol. The Bertz CT molecular complexity index is 864. The molecule has 1 unspecified atom stereocenters. The zero-order chi connectivity index (χ0) is 20.1. The molecular formula is C21H24N2O4S. The summed E-state index contributed by atoms with van der Waals surface area (Å²) in [6.45, 7) is 4.32. The summed E-state index contributed by atoms with van der Waals surface area (Å²) < 4.78 is 10.9. The van der Waals surface area contributed by atoms with Crippen molar-refractivity contribution in [2.24, 2.45) is 0 Å². The highest BCUT2D eigenvalue weighted by molar-refractivity contribution is 7.10. The van der Waals surface area contributed by atoms with E-state index in [-0.39, 0.29) is 30.8 Å². The molecule has 0 aliphatic carbocycles. The lowest BCUT2D eigenvalue weighted by molar-refractivity contribution is -0.133. The van der Waals surface area contributed by atoms with Crippen LogP contribution in [0.2, 0.25) is 0 Å². The zero-order valence-electron chi connectivity index (χ0n) is 16.1. The van der Waals surface area contributed by atoms with Gasteiger partial charge < -0.3 is 19.7 Å². The van der Waals surface area contributed by atoms with Crippen LogP contribution in [0.25, 0.3) is 0 Å². The molecule has 148 valence electrons. The third-order valence-corrected chi connectivity index (χ3v) is 5.75. The molecule has 1 aliphatic heterocycles. The molecule has 0 fully saturated rings. The highest BCUT2D eigenvalue weighted by atomic mass is 32.1. The van der Waals surface area contributed by atoms with Gasteiger partial charge in [0.1, 0.15) is 0 Å². The van der Waals surface area contributed by atoms with Crippen molar-refractivity contribution in [2.75, 3.05) is 27.3 Å². The maximum absolute atomic E-state index is 13.0. The first-order valence-electron chi connectivity index (χ1n) is 9.07. The first-order valence-corrected chi connectivity index (χ1v) is 9.95. The Labute approximate surface area is 168 Å². The number of thiophene rings is 1. The Morgan fingerprint density at radius 3 is 2.71 bits per heavy atom. The van der Waals surface area contributed by atoms with Gasteiger partial charge in [0, 0.05) is 24.4 Å². The normalized spacial score (nSPS) is 15.5. The van der Waals surface area contributed by atoms with Crippen molar-refractivity contribution in [3.8, 4) is 11.5 Å². The van der Waals surface area contributed by atoms with E-state index < -0.39 is 0 Å². The van der Waals surface area contributed by atoms with E-state index in [9.17, 15) is 9.59 Å². The first kappa shape index (κ1) is 19.9. The van der Waals surface area contributed by atoms with E-state index in [1.165, 1.54) is 6.08 Å². The largest absolute Gasteiger partial charge is 0.493 e. The second-order valence-corrected chi connectivity index (χ2v) is 7.39. The fourth-order valence-corrected chi connectivity index (χ4v) is 4.33. The third kappa shape index (κ3) is 4.04. The highest BCUT2D eigenvalue weighted by Gasteiger charge is 2.33. The summed E-state index contributed by atoms with van der Waals surface area (Å²) >= 11 is 1.62. The maximum atomic E-state index is 13.0. The number of amides is 2. The van der Waals surface area contributed by atoms with E-state index in [0.717, 1.165) is 22.4 Å². The number of hydrogen-bond acceptors (Lipinski definition) is 5. The molecule has 7 heteroatoms. The first-order chi connectivity index (χ1) is 13.6. The average Bonchev–Trinajstić information content (AvgIpc) is 3.25. The molecule has 3 rings (SSSR count). The number of carbonyl (C=O) groups excluding carboxylic acids is 2. The van der Waals surface area contributed by atoms with E-state index >= 15 is 0 Å². The van der Waals surface area contributed by atoms with Crippen LogP contribution in [-0.4, -0.2) is 44.0 Å². The Morgan fingerprint density at radius 1 is 1.32 bits per heavy atom. The Balaban J connectivity index is 1.91. The Morgan fingerprint density at radius 2 is 2.07 bits per heavy atom.